The molecule has 1 aromatic carbocycles. The van der Waals surface area contributed by atoms with E-state index in [1.54, 1.807) is 11.3 Å². The molecule has 1 unspecified atom stereocenters. The minimum absolute atomic E-state index is 0.627. The van der Waals surface area contributed by atoms with Gasteiger partial charge in [0.1, 0.15) is 5.60 Å². The first-order chi connectivity index (χ1) is 8.58. The number of likely N-dealkylation sites (N-methyl/N-ethyl adjacent to an activating group) is 1. The number of benzene rings is 1. The molecule has 0 radical (unpaired) electrons. The Morgan fingerprint density at radius 2 is 1.89 bits per heavy atom. The van der Waals surface area contributed by atoms with Crippen molar-refractivity contribution >= 4 is 11.3 Å². The highest BCUT2D eigenvalue weighted by Crippen LogP contribution is 2.26. The second-order valence-corrected chi connectivity index (χ2v) is 5.86. The Bertz CT molecular complexity index is 465. The lowest BCUT2D eigenvalue weighted by atomic mass is 10.0. The van der Waals surface area contributed by atoms with Gasteiger partial charge in [0.25, 0.3) is 0 Å². The molecule has 1 atom stereocenters. The van der Waals surface area contributed by atoms with Gasteiger partial charge in [-0.1, -0.05) is 36.4 Å². The van der Waals surface area contributed by atoms with Crippen molar-refractivity contribution in [2.45, 2.75) is 19.1 Å². The van der Waals surface area contributed by atoms with Gasteiger partial charge in [-0.2, -0.15) is 0 Å². The fourth-order valence-electron chi connectivity index (χ4n) is 2.14. The van der Waals surface area contributed by atoms with Gasteiger partial charge in [-0.05, 0) is 31.0 Å². The first-order valence-electron chi connectivity index (χ1n) is 6.07. The van der Waals surface area contributed by atoms with Gasteiger partial charge in [0.2, 0.25) is 0 Å². The first-order valence-corrected chi connectivity index (χ1v) is 6.95. The van der Waals surface area contributed by atoms with Gasteiger partial charge in [0.15, 0.2) is 0 Å². The average molecular weight is 261 g/mol. The van der Waals surface area contributed by atoms with Crippen molar-refractivity contribution in [1.29, 1.82) is 0 Å². The molecule has 0 aliphatic heterocycles. The summed E-state index contributed by atoms with van der Waals surface area (Å²) in [6.07, 6.45) is 0. The number of rotatable bonds is 5. The lowest BCUT2D eigenvalue weighted by molar-refractivity contribution is 0.0247. The maximum atomic E-state index is 10.5. The third-order valence-electron chi connectivity index (χ3n) is 2.93. The minimum Gasteiger partial charge on any atom is -0.383 e. The van der Waals surface area contributed by atoms with Crippen molar-refractivity contribution in [2.75, 3.05) is 13.6 Å². The standard InChI is InChI=1S/C15H19NOS/c1-15(17,14-9-6-10-18-14)12-16(2)11-13-7-4-3-5-8-13/h3-10,17H,11-12H2,1-2H3. The highest BCUT2D eigenvalue weighted by atomic mass is 32.1. The molecule has 0 aliphatic rings. The molecule has 96 valence electrons. The van der Waals surface area contributed by atoms with Crippen LogP contribution in [0.25, 0.3) is 0 Å². The average Bonchev–Trinajstić information content (AvgIpc) is 2.83. The molecule has 0 bridgehead atoms. The van der Waals surface area contributed by atoms with Crippen molar-refractivity contribution < 1.29 is 5.11 Å². The summed E-state index contributed by atoms with van der Waals surface area (Å²) in [6, 6.07) is 14.3. The lowest BCUT2D eigenvalue weighted by Crippen LogP contribution is -2.35. The molecule has 1 heterocycles. The summed E-state index contributed by atoms with van der Waals surface area (Å²) in [6.45, 7) is 3.35. The van der Waals surface area contributed by atoms with Crippen molar-refractivity contribution in [3.8, 4) is 0 Å². The van der Waals surface area contributed by atoms with Gasteiger partial charge in [-0.3, -0.25) is 4.90 Å². The van der Waals surface area contributed by atoms with Gasteiger partial charge in [-0.25, -0.2) is 0 Å². The fourth-order valence-corrected chi connectivity index (χ4v) is 2.92. The minimum atomic E-state index is -0.780. The zero-order valence-corrected chi connectivity index (χ0v) is 11.7. The Kier molecular flexibility index (Phi) is 4.17. The molecule has 1 N–H and O–H groups in total. The smallest absolute Gasteiger partial charge is 0.109 e. The van der Waals surface area contributed by atoms with E-state index in [0.717, 1.165) is 11.4 Å². The molecular weight excluding hydrogens is 242 g/mol. The molecule has 18 heavy (non-hydrogen) atoms. The molecule has 0 saturated carbocycles. The van der Waals surface area contributed by atoms with E-state index >= 15 is 0 Å². The maximum Gasteiger partial charge on any atom is 0.109 e. The number of hydrogen-bond donors (Lipinski definition) is 1. The van der Waals surface area contributed by atoms with Crippen LogP contribution in [-0.2, 0) is 12.1 Å². The fraction of sp³-hybridized carbons (Fsp3) is 0.333. The summed E-state index contributed by atoms with van der Waals surface area (Å²) >= 11 is 1.60. The molecule has 3 heteroatoms. The Balaban J connectivity index is 1.97. The van der Waals surface area contributed by atoms with Crippen molar-refractivity contribution in [3.63, 3.8) is 0 Å². The first kappa shape index (κ1) is 13.3. The molecule has 0 spiro atoms. The van der Waals surface area contributed by atoms with E-state index in [-0.39, 0.29) is 0 Å². The van der Waals surface area contributed by atoms with E-state index in [1.165, 1.54) is 5.56 Å². The predicted octanol–water partition coefficient (Wildman–Crippen LogP) is 3.09. The van der Waals surface area contributed by atoms with E-state index < -0.39 is 5.60 Å². The summed E-state index contributed by atoms with van der Waals surface area (Å²) in [7, 11) is 2.04. The quantitative estimate of drug-likeness (QED) is 0.894. The molecule has 0 fully saturated rings. The molecule has 0 aliphatic carbocycles. The van der Waals surface area contributed by atoms with Crippen LogP contribution in [0, 0.1) is 0 Å². The van der Waals surface area contributed by atoms with Gasteiger partial charge < -0.3 is 5.11 Å². The van der Waals surface area contributed by atoms with E-state index in [1.807, 2.05) is 49.7 Å². The van der Waals surface area contributed by atoms with Crippen molar-refractivity contribution in [3.05, 3.63) is 58.3 Å². The second-order valence-electron chi connectivity index (χ2n) is 4.91. The third-order valence-corrected chi connectivity index (χ3v) is 4.05. The number of thiophene rings is 1. The monoisotopic (exact) mass is 261 g/mol. The molecular formula is C15H19NOS. The highest BCUT2D eigenvalue weighted by Gasteiger charge is 2.25. The normalized spacial score (nSPS) is 14.7. The summed E-state index contributed by atoms with van der Waals surface area (Å²) in [4.78, 5) is 3.16. The molecule has 1 aromatic heterocycles. The zero-order chi connectivity index (χ0) is 13.0. The van der Waals surface area contributed by atoms with E-state index in [4.69, 9.17) is 0 Å². The third kappa shape index (κ3) is 3.42. The van der Waals surface area contributed by atoms with Crippen LogP contribution in [0.15, 0.2) is 47.8 Å². The zero-order valence-electron chi connectivity index (χ0n) is 10.8. The van der Waals surface area contributed by atoms with Crippen LogP contribution in [0.4, 0.5) is 0 Å². The van der Waals surface area contributed by atoms with Crippen LogP contribution in [-0.4, -0.2) is 23.6 Å². The van der Waals surface area contributed by atoms with Crippen LogP contribution in [0.2, 0.25) is 0 Å². The number of hydrogen-bond acceptors (Lipinski definition) is 3. The number of nitrogens with zero attached hydrogens (tertiary/aromatic N) is 1. The van der Waals surface area contributed by atoms with Gasteiger partial charge >= 0.3 is 0 Å². The molecule has 2 nitrogen and oxygen atoms in total. The van der Waals surface area contributed by atoms with Gasteiger partial charge in [0, 0.05) is 18.0 Å². The molecule has 0 saturated heterocycles. The maximum absolute atomic E-state index is 10.5. The highest BCUT2D eigenvalue weighted by molar-refractivity contribution is 7.10. The summed E-state index contributed by atoms with van der Waals surface area (Å²) < 4.78 is 0. The Labute approximate surface area is 113 Å². The van der Waals surface area contributed by atoms with Crippen LogP contribution in [0.3, 0.4) is 0 Å². The summed E-state index contributed by atoms with van der Waals surface area (Å²) in [5.41, 5.74) is 0.486. The Morgan fingerprint density at radius 1 is 1.17 bits per heavy atom. The topological polar surface area (TPSA) is 23.5 Å². The lowest BCUT2D eigenvalue weighted by Gasteiger charge is -2.28. The Morgan fingerprint density at radius 3 is 2.50 bits per heavy atom. The van der Waals surface area contributed by atoms with E-state index in [9.17, 15) is 5.11 Å². The predicted molar refractivity (Wildman–Crippen MR) is 76.7 cm³/mol. The van der Waals surface area contributed by atoms with Crippen molar-refractivity contribution in [1.82, 2.24) is 4.90 Å². The molecule has 2 aromatic rings. The molecule has 2 rings (SSSR count). The van der Waals surface area contributed by atoms with Crippen LogP contribution in [0.5, 0.6) is 0 Å². The largest absolute Gasteiger partial charge is 0.383 e. The summed E-state index contributed by atoms with van der Waals surface area (Å²) in [5, 5.41) is 12.5. The van der Waals surface area contributed by atoms with Gasteiger partial charge in [-0.15, -0.1) is 11.3 Å². The molecule has 0 amide bonds. The van der Waals surface area contributed by atoms with Crippen molar-refractivity contribution in [2.24, 2.45) is 0 Å². The Hall–Kier alpha value is -1.16. The van der Waals surface area contributed by atoms with E-state index in [2.05, 4.69) is 17.0 Å². The SMILES string of the molecule is CN(Cc1ccccc1)CC(C)(O)c1cccs1. The van der Waals surface area contributed by atoms with Crippen LogP contribution in [0.1, 0.15) is 17.4 Å². The van der Waals surface area contributed by atoms with Gasteiger partial charge in [0.05, 0.1) is 0 Å². The summed E-state index contributed by atoms with van der Waals surface area (Å²) in [5.74, 6) is 0. The second kappa shape index (κ2) is 5.65. The van der Waals surface area contributed by atoms with Crippen LogP contribution >= 0.6 is 11.3 Å². The van der Waals surface area contributed by atoms with Crippen LogP contribution < -0.4 is 0 Å². The number of aliphatic hydroxyl groups is 1. The van der Waals surface area contributed by atoms with E-state index in [0.29, 0.717) is 6.54 Å².